The standard InChI is InChI=1S/C14H20N4O4/c1-11(2)10-15-6-8-16(9-7-15)14-12(17(19)20)4-3-5-13(14)18(21)22/h3-5,11H,6-10H2,1-2H3. The number of rotatable bonds is 5. The zero-order valence-corrected chi connectivity index (χ0v) is 12.8. The van der Waals surface area contributed by atoms with Crippen LogP contribution in [0.4, 0.5) is 17.1 Å². The maximum Gasteiger partial charge on any atom is 0.299 e. The van der Waals surface area contributed by atoms with Gasteiger partial charge in [0.2, 0.25) is 0 Å². The van der Waals surface area contributed by atoms with E-state index in [1.165, 1.54) is 18.2 Å². The second kappa shape index (κ2) is 6.69. The van der Waals surface area contributed by atoms with Gasteiger partial charge < -0.3 is 4.90 Å². The molecule has 120 valence electrons. The summed E-state index contributed by atoms with van der Waals surface area (Å²) >= 11 is 0. The molecule has 1 aliphatic heterocycles. The second-order valence-electron chi connectivity index (χ2n) is 5.84. The van der Waals surface area contributed by atoms with E-state index in [-0.39, 0.29) is 17.1 Å². The zero-order chi connectivity index (χ0) is 16.3. The van der Waals surface area contributed by atoms with Crippen molar-refractivity contribution in [2.45, 2.75) is 13.8 Å². The van der Waals surface area contributed by atoms with Gasteiger partial charge in [0, 0.05) is 44.9 Å². The number of piperazine rings is 1. The third-order valence-corrected chi connectivity index (χ3v) is 3.70. The van der Waals surface area contributed by atoms with Gasteiger partial charge in [-0.05, 0) is 12.0 Å². The lowest BCUT2D eigenvalue weighted by Gasteiger charge is -2.36. The molecule has 2 rings (SSSR count). The molecule has 0 bridgehead atoms. The molecule has 8 nitrogen and oxygen atoms in total. The van der Waals surface area contributed by atoms with Crippen LogP contribution in [-0.2, 0) is 0 Å². The highest BCUT2D eigenvalue weighted by molar-refractivity contribution is 5.75. The predicted molar refractivity (Wildman–Crippen MR) is 83.2 cm³/mol. The highest BCUT2D eigenvalue weighted by Gasteiger charge is 2.31. The predicted octanol–water partition coefficient (Wildman–Crippen LogP) is 2.28. The Kier molecular flexibility index (Phi) is 4.92. The van der Waals surface area contributed by atoms with E-state index in [1.807, 2.05) is 0 Å². The van der Waals surface area contributed by atoms with Crippen molar-refractivity contribution >= 4 is 17.1 Å². The molecule has 8 heteroatoms. The van der Waals surface area contributed by atoms with Gasteiger partial charge in [-0.15, -0.1) is 0 Å². The summed E-state index contributed by atoms with van der Waals surface area (Å²) in [5, 5.41) is 22.4. The molecule has 0 unspecified atom stereocenters. The van der Waals surface area contributed by atoms with Crippen LogP contribution >= 0.6 is 0 Å². The molecule has 22 heavy (non-hydrogen) atoms. The summed E-state index contributed by atoms with van der Waals surface area (Å²) in [7, 11) is 0. The Bertz CT molecular complexity index is 536. The van der Waals surface area contributed by atoms with Gasteiger partial charge in [-0.3, -0.25) is 25.1 Å². The Morgan fingerprint density at radius 2 is 1.55 bits per heavy atom. The molecular formula is C14H20N4O4. The van der Waals surface area contributed by atoms with E-state index in [1.54, 1.807) is 4.90 Å². The number of nitrogens with zero attached hydrogens (tertiary/aromatic N) is 4. The monoisotopic (exact) mass is 308 g/mol. The number of anilines is 1. The molecule has 1 saturated heterocycles. The second-order valence-corrected chi connectivity index (χ2v) is 5.84. The Balaban J connectivity index is 2.25. The number of hydrogen-bond donors (Lipinski definition) is 0. The maximum absolute atomic E-state index is 11.2. The van der Waals surface area contributed by atoms with Crippen LogP contribution in [-0.4, -0.2) is 47.5 Å². The average molecular weight is 308 g/mol. The summed E-state index contributed by atoms with van der Waals surface area (Å²) < 4.78 is 0. The van der Waals surface area contributed by atoms with Gasteiger partial charge >= 0.3 is 0 Å². The molecule has 0 saturated carbocycles. The highest BCUT2D eigenvalue weighted by atomic mass is 16.6. The van der Waals surface area contributed by atoms with Crippen LogP contribution in [0.3, 0.4) is 0 Å². The smallest absolute Gasteiger partial charge is 0.299 e. The average Bonchev–Trinajstić information content (AvgIpc) is 2.46. The molecule has 0 aliphatic carbocycles. The third-order valence-electron chi connectivity index (χ3n) is 3.70. The molecule has 1 aromatic rings. The van der Waals surface area contributed by atoms with E-state index in [9.17, 15) is 20.2 Å². The van der Waals surface area contributed by atoms with Gasteiger partial charge in [0.05, 0.1) is 9.85 Å². The van der Waals surface area contributed by atoms with Crippen molar-refractivity contribution in [3.05, 3.63) is 38.4 Å². The van der Waals surface area contributed by atoms with Crippen molar-refractivity contribution in [2.75, 3.05) is 37.6 Å². The van der Waals surface area contributed by atoms with Gasteiger partial charge in [-0.25, -0.2) is 0 Å². The van der Waals surface area contributed by atoms with E-state index < -0.39 is 9.85 Å². The zero-order valence-electron chi connectivity index (χ0n) is 12.8. The van der Waals surface area contributed by atoms with Gasteiger partial charge in [-0.2, -0.15) is 0 Å². The van der Waals surface area contributed by atoms with Crippen LogP contribution in [0.25, 0.3) is 0 Å². The van der Waals surface area contributed by atoms with Crippen molar-refractivity contribution in [1.82, 2.24) is 4.90 Å². The van der Waals surface area contributed by atoms with Crippen LogP contribution in [0.2, 0.25) is 0 Å². The van der Waals surface area contributed by atoms with E-state index >= 15 is 0 Å². The fourth-order valence-electron chi connectivity index (χ4n) is 2.81. The molecular weight excluding hydrogens is 288 g/mol. The summed E-state index contributed by atoms with van der Waals surface area (Å²) in [4.78, 5) is 25.3. The summed E-state index contributed by atoms with van der Waals surface area (Å²) in [5.41, 5.74) is -0.278. The van der Waals surface area contributed by atoms with Crippen molar-refractivity contribution in [2.24, 2.45) is 5.92 Å². The first-order chi connectivity index (χ1) is 10.4. The minimum atomic E-state index is -0.553. The fourth-order valence-corrected chi connectivity index (χ4v) is 2.81. The van der Waals surface area contributed by atoms with Crippen molar-refractivity contribution in [1.29, 1.82) is 0 Å². The topological polar surface area (TPSA) is 92.8 Å². The largest absolute Gasteiger partial charge is 0.358 e. The van der Waals surface area contributed by atoms with E-state index in [4.69, 9.17) is 0 Å². The first kappa shape index (κ1) is 16.2. The van der Waals surface area contributed by atoms with Gasteiger partial charge in [0.1, 0.15) is 0 Å². The molecule has 0 atom stereocenters. The number of hydrogen-bond acceptors (Lipinski definition) is 6. The Labute approximate surface area is 128 Å². The lowest BCUT2D eigenvalue weighted by Crippen LogP contribution is -2.47. The van der Waals surface area contributed by atoms with Crippen LogP contribution < -0.4 is 4.90 Å². The summed E-state index contributed by atoms with van der Waals surface area (Å²) in [6, 6.07) is 4.00. The summed E-state index contributed by atoms with van der Waals surface area (Å²) in [6.45, 7) is 7.85. The SMILES string of the molecule is CC(C)CN1CCN(c2c([N+](=O)[O-])cccc2[N+](=O)[O-])CC1. The number of nitro groups is 2. The molecule has 1 fully saturated rings. The number of benzene rings is 1. The normalized spacial score (nSPS) is 16.0. The van der Waals surface area contributed by atoms with Gasteiger partial charge in [0.25, 0.3) is 11.4 Å². The first-order valence-corrected chi connectivity index (χ1v) is 7.29. The highest BCUT2D eigenvalue weighted by Crippen LogP contribution is 2.37. The van der Waals surface area contributed by atoms with Gasteiger partial charge in [0.15, 0.2) is 5.69 Å². The van der Waals surface area contributed by atoms with Gasteiger partial charge in [-0.1, -0.05) is 13.8 Å². The minimum Gasteiger partial charge on any atom is -0.358 e. The lowest BCUT2D eigenvalue weighted by molar-refractivity contribution is -0.392. The minimum absolute atomic E-state index is 0.127. The van der Waals surface area contributed by atoms with Crippen LogP contribution in [0.15, 0.2) is 18.2 Å². The third kappa shape index (κ3) is 3.51. The molecule has 0 N–H and O–H groups in total. The van der Waals surface area contributed by atoms with Crippen LogP contribution in [0, 0.1) is 26.1 Å². The van der Waals surface area contributed by atoms with Crippen molar-refractivity contribution < 1.29 is 9.85 Å². The Hall–Kier alpha value is -2.22. The van der Waals surface area contributed by atoms with Crippen LogP contribution in [0.5, 0.6) is 0 Å². The molecule has 0 amide bonds. The number of para-hydroxylation sites is 1. The summed E-state index contributed by atoms with van der Waals surface area (Å²) in [5.74, 6) is 0.548. The molecule has 1 aromatic carbocycles. The van der Waals surface area contributed by atoms with Crippen molar-refractivity contribution in [3.63, 3.8) is 0 Å². The molecule has 0 aromatic heterocycles. The molecule has 1 aliphatic rings. The van der Waals surface area contributed by atoms with Crippen LogP contribution in [0.1, 0.15) is 13.8 Å². The first-order valence-electron chi connectivity index (χ1n) is 7.29. The van der Waals surface area contributed by atoms with E-state index in [2.05, 4.69) is 18.7 Å². The summed E-state index contributed by atoms with van der Waals surface area (Å²) in [6.07, 6.45) is 0. The Morgan fingerprint density at radius 3 is 1.95 bits per heavy atom. The maximum atomic E-state index is 11.2. The van der Waals surface area contributed by atoms with Crippen molar-refractivity contribution in [3.8, 4) is 0 Å². The fraction of sp³-hybridized carbons (Fsp3) is 0.571. The number of nitro benzene ring substituents is 2. The molecule has 0 spiro atoms. The van der Waals surface area contributed by atoms with E-state index in [0.717, 1.165) is 19.6 Å². The quantitative estimate of drug-likeness (QED) is 0.612. The Morgan fingerprint density at radius 1 is 1.05 bits per heavy atom. The molecule has 1 heterocycles. The lowest BCUT2D eigenvalue weighted by atomic mass is 10.1. The van der Waals surface area contributed by atoms with E-state index in [0.29, 0.717) is 19.0 Å². The molecule has 0 radical (unpaired) electrons.